The maximum Gasteiger partial charge on any atom is 0.0764 e. The van der Waals surface area contributed by atoms with E-state index in [0.717, 1.165) is 12.5 Å². The Morgan fingerprint density at radius 3 is 1.73 bits per heavy atom. The summed E-state index contributed by atoms with van der Waals surface area (Å²) in [6.45, 7) is 1.36. The molecular weight excluding hydrogens is 142 g/mol. The van der Waals surface area contributed by atoms with Crippen molar-refractivity contribution < 1.29 is 10.2 Å². The second-order valence-electron chi connectivity index (χ2n) is 1.99. The SMILES string of the molecule is C.CN(C/C=C/O)C/C=C/O. The summed E-state index contributed by atoms with van der Waals surface area (Å²) >= 11 is 0. The smallest absolute Gasteiger partial charge is 0.0764 e. The first-order valence-electron chi connectivity index (χ1n) is 3.08. The molecule has 0 bridgehead atoms. The zero-order valence-corrected chi connectivity index (χ0v) is 6.07. The van der Waals surface area contributed by atoms with Crippen molar-refractivity contribution >= 4 is 0 Å². The summed E-state index contributed by atoms with van der Waals surface area (Å²) in [5, 5.41) is 16.5. The monoisotopic (exact) mass is 159 g/mol. The molecule has 0 rings (SSSR count). The molecule has 0 aromatic carbocycles. The maximum absolute atomic E-state index is 8.27. The van der Waals surface area contributed by atoms with Gasteiger partial charge in [0.2, 0.25) is 0 Å². The largest absolute Gasteiger partial charge is 0.516 e. The van der Waals surface area contributed by atoms with Gasteiger partial charge in [-0.2, -0.15) is 0 Å². The van der Waals surface area contributed by atoms with Gasteiger partial charge in [-0.1, -0.05) is 7.43 Å². The summed E-state index contributed by atoms with van der Waals surface area (Å²) in [4.78, 5) is 1.93. The first kappa shape index (κ1) is 12.7. The Balaban J connectivity index is 0. The van der Waals surface area contributed by atoms with Gasteiger partial charge in [-0.3, -0.25) is 4.90 Å². The molecule has 0 aliphatic carbocycles. The van der Waals surface area contributed by atoms with Gasteiger partial charge in [0.25, 0.3) is 0 Å². The molecule has 2 N–H and O–H groups in total. The van der Waals surface area contributed by atoms with Gasteiger partial charge in [-0.25, -0.2) is 0 Å². The third kappa shape index (κ3) is 9.04. The number of aliphatic hydroxyl groups excluding tert-OH is 2. The molecule has 0 unspecified atom stereocenters. The molecule has 0 saturated carbocycles. The van der Waals surface area contributed by atoms with Gasteiger partial charge in [-0.05, 0) is 19.2 Å². The first-order chi connectivity index (χ1) is 4.81. The molecule has 0 radical (unpaired) electrons. The molecule has 66 valence electrons. The van der Waals surface area contributed by atoms with Crippen molar-refractivity contribution in [1.82, 2.24) is 4.90 Å². The summed E-state index contributed by atoms with van der Waals surface area (Å²) in [7, 11) is 1.89. The van der Waals surface area contributed by atoms with Crippen LogP contribution in [0.25, 0.3) is 0 Å². The van der Waals surface area contributed by atoms with Crippen LogP contribution >= 0.6 is 0 Å². The lowest BCUT2D eigenvalue weighted by Gasteiger charge is -2.09. The van der Waals surface area contributed by atoms with E-state index in [1.807, 2.05) is 11.9 Å². The Hall–Kier alpha value is -0.960. The molecule has 0 spiro atoms. The standard InChI is InChI=1S/C7H13NO2.CH4/c1-8(4-2-6-9)5-3-7-10;/h2-3,6-7,9-10H,4-5H2,1H3;1H4/b6-2+,7-3+;. The van der Waals surface area contributed by atoms with Crippen molar-refractivity contribution in [3.05, 3.63) is 24.7 Å². The Morgan fingerprint density at radius 1 is 1.09 bits per heavy atom. The van der Waals surface area contributed by atoms with Gasteiger partial charge >= 0.3 is 0 Å². The minimum absolute atomic E-state index is 0. The van der Waals surface area contributed by atoms with Crippen LogP contribution < -0.4 is 0 Å². The Kier molecular flexibility index (Phi) is 10.4. The third-order valence-corrected chi connectivity index (χ3v) is 1.04. The average molecular weight is 159 g/mol. The molecule has 0 heterocycles. The van der Waals surface area contributed by atoms with Crippen LogP contribution in [0.3, 0.4) is 0 Å². The minimum atomic E-state index is 0. The molecule has 3 nitrogen and oxygen atoms in total. The van der Waals surface area contributed by atoms with E-state index >= 15 is 0 Å². The van der Waals surface area contributed by atoms with Crippen molar-refractivity contribution in [3.63, 3.8) is 0 Å². The quantitative estimate of drug-likeness (QED) is 0.613. The predicted octanol–water partition coefficient (Wildman–Crippen LogP) is 1.70. The van der Waals surface area contributed by atoms with E-state index in [0.29, 0.717) is 13.1 Å². The molecule has 0 saturated heterocycles. The summed E-state index contributed by atoms with van der Waals surface area (Å²) < 4.78 is 0. The van der Waals surface area contributed by atoms with Crippen LogP contribution in [-0.4, -0.2) is 35.3 Å². The second kappa shape index (κ2) is 9.04. The molecule has 0 aliphatic rings. The van der Waals surface area contributed by atoms with Crippen molar-refractivity contribution in [2.24, 2.45) is 0 Å². The average Bonchev–Trinajstić information content (AvgIpc) is 1.97. The lowest BCUT2D eigenvalue weighted by molar-refractivity contribution is 0.394. The van der Waals surface area contributed by atoms with Gasteiger partial charge < -0.3 is 10.2 Å². The van der Waals surface area contributed by atoms with E-state index in [4.69, 9.17) is 10.2 Å². The van der Waals surface area contributed by atoms with Gasteiger partial charge in [0, 0.05) is 13.1 Å². The molecule has 11 heavy (non-hydrogen) atoms. The van der Waals surface area contributed by atoms with Gasteiger partial charge in [0.05, 0.1) is 12.5 Å². The van der Waals surface area contributed by atoms with E-state index in [2.05, 4.69) is 0 Å². The summed E-state index contributed by atoms with van der Waals surface area (Å²) in [5.74, 6) is 0. The van der Waals surface area contributed by atoms with Gasteiger partial charge in [0.1, 0.15) is 0 Å². The Labute approximate surface area is 68.3 Å². The van der Waals surface area contributed by atoms with Crippen molar-refractivity contribution in [2.75, 3.05) is 20.1 Å². The van der Waals surface area contributed by atoms with Gasteiger partial charge in [-0.15, -0.1) is 0 Å². The zero-order valence-electron chi connectivity index (χ0n) is 6.07. The van der Waals surface area contributed by atoms with Crippen LogP contribution in [0.5, 0.6) is 0 Å². The number of rotatable bonds is 4. The first-order valence-corrected chi connectivity index (χ1v) is 3.08. The number of hydrogen-bond acceptors (Lipinski definition) is 3. The van der Waals surface area contributed by atoms with E-state index in [1.54, 1.807) is 12.2 Å². The number of aliphatic hydroxyl groups is 2. The highest BCUT2D eigenvalue weighted by molar-refractivity contribution is 4.81. The van der Waals surface area contributed by atoms with Crippen LogP contribution in [0.1, 0.15) is 7.43 Å². The lowest BCUT2D eigenvalue weighted by atomic mass is 10.5. The van der Waals surface area contributed by atoms with E-state index in [-0.39, 0.29) is 7.43 Å². The Morgan fingerprint density at radius 2 is 1.45 bits per heavy atom. The number of nitrogens with zero attached hydrogens (tertiary/aromatic N) is 1. The highest BCUT2D eigenvalue weighted by Gasteiger charge is 1.88. The van der Waals surface area contributed by atoms with E-state index < -0.39 is 0 Å². The summed E-state index contributed by atoms with van der Waals surface area (Å²) in [6.07, 6.45) is 5.29. The molecule has 0 atom stereocenters. The number of likely N-dealkylation sites (N-methyl/N-ethyl adjacent to an activating group) is 1. The second-order valence-corrected chi connectivity index (χ2v) is 1.99. The van der Waals surface area contributed by atoms with Crippen molar-refractivity contribution in [3.8, 4) is 0 Å². The molecule has 0 aromatic rings. The molecule has 3 heteroatoms. The molecular formula is C8H17NO2. The number of hydrogen-bond donors (Lipinski definition) is 2. The fraction of sp³-hybridized carbons (Fsp3) is 0.500. The van der Waals surface area contributed by atoms with Crippen LogP contribution in [0.2, 0.25) is 0 Å². The summed E-state index contributed by atoms with van der Waals surface area (Å²) in [5.41, 5.74) is 0. The van der Waals surface area contributed by atoms with E-state index in [1.165, 1.54) is 0 Å². The maximum atomic E-state index is 8.27. The third-order valence-electron chi connectivity index (χ3n) is 1.04. The minimum Gasteiger partial charge on any atom is -0.516 e. The molecule has 0 fully saturated rings. The van der Waals surface area contributed by atoms with Gasteiger partial charge in [0.15, 0.2) is 0 Å². The summed E-state index contributed by atoms with van der Waals surface area (Å²) in [6, 6.07) is 0. The fourth-order valence-electron chi connectivity index (χ4n) is 0.529. The highest BCUT2D eigenvalue weighted by Crippen LogP contribution is 1.82. The highest BCUT2D eigenvalue weighted by atomic mass is 16.2. The van der Waals surface area contributed by atoms with E-state index in [9.17, 15) is 0 Å². The van der Waals surface area contributed by atoms with Crippen LogP contribution in [0, 0.1) is 0 Å². The van der Waals surface area contributed by atoms with Crippen LogP contribution in [-0.2, 0) is 0 Å². The predicted molar refractivity (Wildman–Crippen MR) is 47.8 cm³/mol. The van der Waals surface area contributed by atoms with Crippen LogP contribution in [0.15, 0.2) is 24.7 Å². The van der Waals surface area contributed by atoms with Crippen molar-refractivity contribution in [1.29, 1.82) is 0 Å². The fourth-order valence-corrected chi connectivity index (χ4v) is 0.529. The van der Waals surface area contributed by atoms with Crippen LogP contribution in [0.4, 0.5) is 0 Å². The topological polar surface area (TPSA) is 43.7 Å². The normalized spacial score (nSPS) is 11.1. The lowest BCUT2D eigenvalue weighted by Crippen LogP contribution is -2.17. The zero-order chi connectivity index (χ0) is 7.82. The Bertz CT molecular complexity index is 107. The molecule has 0 aliphatic heterocycles. The van der Waals surface area contributed by atoms with Crippen molar-refractivity contribution in [2.45, 2.75) is 7.43 Å². The molecule has 0 amide bonds. The molecule has 0 aromatic heterocycles.